The van der Waals surface area contributed by atoms with Crippen LogP contribution in [0.25, 0.3) is 10.9 Å². The van der Waals surface area contributed by atoms with Crippen LogP contribution in [0.15, 0.2) is 18.2 Å². The van der Waals surface area contributed by atoms with Crippen LogP contribution in [0.2, 0.25) is 5.15 Å². The largest absolute Gasteiger partial charge is 0.493 e. The Bertz CT molecular complexity index is 642. The Morgan fingerprint density at radius 1 is 1.37 bits per heavy atom. The first-order chi connectivity index (χ1) is 9.06. The predicted octanol–water partition coefficient (Wildman–Crippen LogP) is 2.99. The van der Waals surface area contributed by atoms with Gasteiger partial charge in [-0.1, -0.05) is 11.6 Å². The predicted molar refractivity (Wildman–Crippen MR) is 71.4 cm³/mol. The van der Waals surface area contributed by atoms with Crippen molar-refractivity contribution < 1.29 is 19.4 Å². The minimum atomic E-state index is -1.12. The van der Waals surface area contributed by atoms with E-state index < -0.39 is 5.97 Å². The van der Waals surface area contributed by atoms with Gasteiger partial charge >= 0.3 is 5.97 Å². The van der Waals surface area contributed by atoms with Gasteiger partial charge in [-0.2, -0.15) is 0 Å². The molecule has 0 fully saturated rings. The number of pyridine rings is 1. The molecule has 0 radical (unpaired) electrons. The molecule has 0 amide bonds. The average Bonchev–Trinajstić information content (AvgIpc) is 2.37. The van der Waals surface area contributed by atoms with Crippen LogP contribution in [0.5, 0.6) is 11.5 Å². The Morgan fingerprint density at radius 3 is 2.68 bits per heavy atom. The van der Waals surface area contributed by atoms with Crippen LogP contribution in [0.3, 0.4) is 0 Å². The van der Waals surface area contributed by atoms with E-state index >= 15 is 0 Å². The molecule has 1 N–H and O–H groups in total. The minimum Gasteiger partial charge on any atom is -0.493 e. The van der Waals surface area contributed by atoms with E-state index in [0.717, 1.165) is 0 Å². The molecular weight excluding hydrogens is 270 g/mol. The van der Waals surface area contributed by atoms with Crippen LogP contribution in [-0.2, 0) is 0 Å². The standard InChI is InChI=1S/C13H12ClNO4/c1-3-19-11-6-9-7(5-10(11)18-2)4-8(13(16)17)12(14)15-9/h4-6H,3H2,1-2H3,(H,16,17). The van der Waals surface area contributed by atoms with Crippen LogP contribution in [0.4, 0.5) is 0 Å². The second-order valence-corrected chi connectivity index (χ2v) is 4.12. The first-order valence-electron chi connectivity index (χ1n) is 5.61. The summed E-state index contributed by atoms with van der Waals surface area (Å²) in [7, 11) is 1.52. The van der Waals surface area contributed by atoms with E-state index in [-0.39, 0.29) is 10.7 Å². The van der Waals surface area contributed by atoms with Crippen LogP contribution in [0, 0.1) is 0 Å². The highest BCUT2D eigenvalue weighted by molar-refractivity contribution is 6.32. The lowest BCUT2D eigenvalue weighted by Gasteiger charge is -2.11. The van der Waals surface area contributed by atoms with Gasteiger partial charge in [-0.05, 0) is 19.1 Å². The molecule has 0 unspecified atom stereocenters. The number of carboxylic acids is 1. The summed E-state index contributed by atoms with van der Waals surface area (Å²) in [5, 5.41) is 9.59. The number of aromatic carboxylic acids is 1. The highest BCUT2D eigenvalue weighted by Crippen LogP contribution is 2.33. The maximum Gasteiger partial charge on any atom is 0.338 e. The van der Waals surface area contributed by atoms with Crippen molar-refractivity contribution in [3.8, 4) is 11.5 Å². The number of ether oxygens (including phenoxy) is 2. The quantitative estimate of drug-likeness (QED) is 0.873. The van der Waals surface area contributed by atoms with E-state index in [1.165, 1.54) is 13.2 Å². The molecule has 6 heteroatoms. The molecule has 0 aliphatic heterocycles. The molecule has 0 spiro atoms. The Labute approximate surface area is 114 Å². The fourth-order valence-corrected chi connectivity index (χ4v) is 1.96. The zero-order valence-corrected chi connectivity index (χ0v) is 11.2. The molecule has 1 aromatic carbocycles. The molecule has 5 nitrogen and oxygen atoms in total. The van der Waals surface area contributed by atoms with Gasteiger partial charge in [-0.15, -0.1) is 0 Å². The maximum absolute atomic E-state index is 11.0. The normalized spacial score (nSPS) is 10.5. The lowest BCUT2D eigenvalue weighted by atomic mass is 10.1. The van der Waals surface area contributed by atoms with Gasteiger partial charge in [0, 0.05) is 11.5 Å². The van der Waals surface area contributed by atoms with Crippen LogP contribution < -0.4 is 9.47 Å². The van der Waals surface area contributed by atoms with Crippen molar-refractivity contribution in [3.63, 3.8) is 0 Å². The molecule has 0 aliphatic carbocycles. The zero-order chi connectivity index (χ0) is 14.0. The first-order valence-corrected chi connectivity index (χ1v) is 5.99. The third-order valence-electron chi connectivity index (χ3n) is 2.58. The number of carbonyl (C=O) groups is 1. The molecule has 100 valence electrons. The van der Waals surface area contributed by atoms with E-state index in [1.807, 2.05) is 6.92 Å². The third-order valence-corrected chi connectivity index (χ3v) is 2.87. The molecule has 2 rings (SSSR count). The summed E-state index contributed by atoms with van der Waals surface area (Å²) < 4.78 is 10.6. The van der Waals surface area contributed by atoms with Gasteiger partial charge in [-0.25, -0.2) is 9.78 Å². The van der Waals surface area contributed by atoms with Gasteiger partial charge in [0.25, 0.3) is 0 Å². The number of methoxy groups -OCH3 is 1. The molecule has 1 heterocycles. The Morgan fingerprint density at radius 2 is 2.11 bits per heavy atom. The van der Waals surface area contributed by atoms with Gasteiger partial charge in [0.05, 0.1) is 24.8 Å². The summed E-state index contributed by atoms with van der Waals surface area (Å²) in [5.74, 6) is -0.0498. The lowest BCUT2D eigenvalue weighted by molar-refractivity contribution is 0.0697. The van der Waals surface area contributed by atoms with E-state index in [4.69, 9.17) is 26.2 Å². The molecule has 0 atom stereocenters. The molecule has 19 heavy (non-hydrogen) atoms. The number of benzene rings is 1. The number of carboxylic acid groups (broad SMARTS) is 1. The van der Waals surface area contributed by atoms with Gasteiger partial charge in [0.1, 0.15) is 5.15 Å². The number of hydrogen-bond acceptors (Lipinski definition) is 4. The molecule has 0 bridgehead atoms. The molecule has 0 saturated carbocycles. The Kier molecular flexibility index (Phi) is 3.76. The number of nitrogens with zero attached hydrogens (tertiary/aromatic N) is 1. The zero-order valence-electron chi connectivity index (χ0n) is 10.4. The van der Waals surface area contributed by atoms with Gasteiger partial charge in [0.2, 0.25) is 0 Å². The summed E-state index contributed by atoms with van der Waals surface area (Å²) in [6, 6.07) is 4.82. The second-order valence-electron chi connectivity index (χ2n) is 3.76. The highest BCUT2D eigenvalue weighted by atomic mass is 35.5. The van der Waals surface area contributed by atoms with Crippen molar-refractivity contribution in [1.82, 2.24) is 4.98 Å². The van der Waals surface area contributed by atoms with E-state index in [0.29, 0.717) is 29.0 Å². The number of aromatic nitrogens is 1. The number of hydrogen-bond donors (Lipinski definition) is 1. The highest BCUT2D eigenvalue weighted by Gasteiger charge is 2.14. The van der Waals surface area contributed by atoms with Crippen molar-refractivity contribution in [3.05, 3.63) is 28.9 Å². The van der Waals surface area contributed by atoms with Crippen LogP contribution in [0.1, 0.15) is 17.3 Å². The van der Waals surface area contributed by atoms with E-state index in [9.17, 15) is 4.79 Å². The van der Waals surface area contributed by atoms with Gasteiger partial charge in [0.15, 0.2) is 11.5 Å². The Balaban J connectivity index is 2.67. The Hall–Kier alpha value is -2.01. The van der Waals surface area contributed by atoms with Crippen molar-refractivity contribution in [1.29, 1.82) is 0 Å². The smallest absolute Gasteiger partial charge is 0.338 e. The van der Waals surface area contributed by atoms with Crippen LogP contribution >= 0.6 is 11.6 Å². The van der Waals surface area contributed by atoms with Gasteiger partial charge < -0.3 is 14.6 Å². The lowest BCUT2D eigenvalue weighted by Crippen LogP contribution is -2.00. The molecule has 2 aromatic rings. The molecule has 0 aliphatic rings. The minimum absolute atomic E-state index is 0.0413. The number of fused-ring (bicyclic) bond motifs is 1. The summed E-state index contributed by atoms with van der Waals surface area (Å²) >= 11 is 5.84. The third kappa shape index (κ3) is 2.56. The summed E-state index contributed by atoms with van der Waals surface area (Å²) in [6.45, 7) is 2.35. The van der Waals surface area contributed by atoms with Crippen molar-refractivity contribution in [2.45, 2.75) is 6.92 Å². The topological polar surface area (TPSA) is 68.7 Å². The summed E-state index contributed by atoms with van der Waals surface area (Å²) in [6.07, 6.45) is 0. The van der Waals surface area contributed by atoms with E-state index in [1.54, 1.807) is 12.1 Å². The SMILES string of the molecule is CCOc1cc2nc(Cl)c(C(=O)O)cc2cc1OC. The fourth-order valence-electron chi connectivity index (χ4n) is 1.74. The van der Waals surface area contributed by atoms with Crippen molar-refractivity contribution in [2.75, 3.05) is 13.7 Å². The van der Waals surface area contributed by atoms with E-state index in [2.05, 4.69) is 4.98 Å². The number of rotatable bonds is 4. The summed E-state index contributed by atoms with van der Waals surface area (Å²) in [4.78, 5) is 15.1. The molecular formula is C13H12ClNO4. The maximum atomic E-state index is 11.0. The molecule has 0 saturated heterocycles. The van der Waals surface area contributed by atoms with Crippen molar-refractivity contribution >= 4 is 28.5 Å². The summed E-state index contributed by atoms with van der Waals surface area (Å²) in [5.41, 5.74) is 0.514. The fraction of sp³-hybridized carbons (Fsp3) is 0.231. The van der Waals surface area contributed by atoms with Crippen molar-refractivity contribution in [2.24, 2.45) is 0 Å². The first kappa shape index (κ1) is 13.4. The molecule has 1 aromatic heterocycles. The number of halogens is 1. The monoisotopic (exact) mass is 281 g/mol. The second kappa shape index (κ2) is 5.32. The van der Waals surface area contributed by atoms with Gasteiger partial charge in [-0.3, -0.25) is 0 Å². The average molecular weight is 282 g/mol. The van der Waals surface area contributed by atoms with Crippen LogP contribution in [-0.4, -0.2) is 29.8 Å².